The highest BCUT2D eigenvalue weighted by Gasteiger charge is 2.52. The van der Waals surface area contributed by atoms with Gasteiger partial charge >= 0.3 is 0 Å². The van der Waals surface area contributed by atoms with Gasteiger partial charge in [0.15, 0.2) is 5.72 Å². The fraction of sp³-hybridized carbons (Fsp3) is 0.207. The number of amides is 1. The number of ether oxygens (including phenoxy) is 2. The van der Waals surface area contributed by atoms with Gasteiger partial charge in [-0.25, -0.2) is 4.98 Å². The summed E-state index contributed by atoms with van der Waals surface area (Å²) in [6.07, 6.45) is 3.11. The number of pyridine rings is 2. The number of halogens is 2. The molecule has 4 aromatic rings. The molecule has 3 heterocycles. The van der Waals surface area contributed by atoms with E-state index in [1.54, 1.807) is 79.9 Å². The van der Waals surface area contributed by atoms with E-state index in [2.05, 4.69) is 9.97 Å². The van der Waals surface area contributed by atoms with Crippen LogP contribution in [0.25, 0.3) is 0 Å². The Bertz CT molecular complexity index is 1490. The van der Waals surface area contributed by atoms with Crippen molar-refractivity contribution in [2.45, 2.75) is 24.8 Å². The van der Waals surface area contributed by atoms with E-state index < -0.39 is 11.3 Å². The Hall–Kier alpha value is -3.49. The fourth-order valence-corrected chi connectivity index (χ4v) is 5.15. The summed E-state index contributed by atoms with van der Waals surface area (Å²) in [6.45, 7) is 1.83. The Morgan fingerprint density at radius 2 is 1.66 bits per heavy atom. The highest BCUT2D eigenvalue weighted by Crippen LogP contribution is 2.47. The zero-order valence-electron chi connectivity index (χ0n) is 21.0. The summed E-state index contributed by atoms with van der Waals surface area (Å²) in [6, 6.07) is 19.4. The van der Waals surface area contributed by atoms with Gasteiger partial charge < -0.3 is 14.6 Å². The number of nitrogens with zero attached hydrogens (tertiary/aromatic N) is 3. The zero-order valence-corrected chi connectivity index (χ0v) is 22.5. The van der Waals surface area contributed by atoms with Crippen LogP contribution in [0.5, 0.6) is 5.88 Å². The zero-order chi connectivity index (χ0) is 27.1. The fourth-order valence-electron chi connectivity index (χ4n) is 4.91. The molecule has 1 aliphatic rings. The first-order chi connectivity index (χ1) is 18.2. The van der Waals surface area contributed by atoms with Crippen LogP contribution in [0, 0.1) is 0 Å². The predicted molar refractivity (Wildman–Crippen MR) is 144 cm³/mol. The molecule has 194 valence electrons. The van der Waals surface area contributed by atoms with Crippen molar-refractivity contribution in [3.05, 3.63) is 123 Å². The molecule has 1 N–H and O–H groups in total. The molecular formula is C29H25Cl2N3O4. The molecule has 9 heteroatoms. The normalized spacial score (nSPS) is 18.3. The number of rotatable bonds is 7. The van der Waals surface area contributed by atoms with Crippen LogP contribution in [0.4, 0.5) is 0 Å². The van der Waals surface area contributed by atoms with Gasteiger partial charge in [0.25, 0.3) is 5.91 Å². The molecule has 0 saturated carbocycles. The maximum absolute atomic E-state index is 14.1. The average molecular weight is 550 g/mol. The van der Waals surface area contributed by atoms with Crippen LogP contribution in [-0.2, 0) is 22.6 Å². The SMILES string of the molecule is COc1cc(C(C)(O)c2ccc3c(c2)C(=O)N(Cc2ccc(Cl)cn2)[C@@]3(OC)c2ccc(Cl)cc2)ccn1. The van der Waals surface area contributed by atoms with Gasteiger partial charge in [-0.15, -0.1) is 0 Å². The number of aromatic nitrogens is 2. The molecule has 0 radical (unpaired) electrons. The minimum atomic E-state index is -1.42. The molecule has 0 aliphatic carbocycles. The van der Waals surface area contributed by atoms with Gasteiger partial charge in [-0.1, -0.05) is 47.5 Å². The third-order valence-corrected chi connectivity index (χ3v) is 7.42. The van der Waals surface area contributed by atoms with Crippen molar-refractivity contribution < 1.29 is 19.4 Å². The van der Waals surface area contributed by atoms with Crippen LogP contribution >= 0.6 is 23.2 Å². The standard InChI is InChI=1S/C29H25Cl2N3O4/c1-28(36,20-12-13-32-26(15-20)37-2)19-6-11-25-24(14-19)27(35)34(17-23-10-9-22(31)16-33-23)29(25,38-3)18-4-7-21(30)8-5-18/h4-16,36H,17H2,1-3H3/t28?,29-/m1/s1. The van der Waals surface area contributed by atoms with Gasteiger partial charge in [0.2, 0.25) is 5.88 Å². The monoisotopic (exact) mass is 549 g/mol. The Morgan fingerprint density at radius 3 is 2.32 bits per heavy atom. The molecule has 0 spiro atoms. The number of hydrogen-bond donors (Lipinski definition) is 1. The molecule has 1 unspecified atom stereocenters. The Kier molecular flexibility index (Phi) is 6.88. The number of aliphatic hydroxyl groups is 1. The molecule has 0 fully saturated rings. The molecule has 0 bridgehead atoms. The van der Waals surface area contributed by atoms with Crippen molar-refractivity contribution in [2.75, 3.05) is 14.2 Å². The molecule has 2 atom stereocenters. The van der Waals surface area contributed by atoms with Gasteiger partial charge in [-0.3, -0.25) is 14.7 Å². The molecule has 7 nitrogen and oxygen atoms in total. The molecule has 2 aromatic heterocycles. The second-order valence-corrected chi connectivity index (χ2v) is 10.0. The molecule has 38 heavy (non-hydrogen) atoms. The first kappa shape index (κ1) is 26.1. The Morgan fingerprint density at radius 1 is 0.947 bits per heavy atom. The van der Waals surface area contributed by atoms with Crippen LogP contribution in [0.3, 0.4) is 0 Å². The van der Waals surface area contributed by atoms with Crippen molar-refractivity contribution in [1.29, 1.82) is 0 Å². The summed E-state index contributed by atoms with van der Waals surface area (Å²) in [5.41, 5.74) is 0.863. The van der Waals surface area contributed by atoms with E-state index in [1.807, 2.05) is 18.2 Å². The van der Waals surface area contributed by atoms with Crippen LogP contribution in [-0.4, -0.2) is 40.1 Å². The van der Waals surface area contributed by atoms with Crippen LogP contribution in [0.1, 0.15) is 45.2 Å². The molecule has 5 rings (SSSR count). The number of fused-ring (bicyclic) bond motifs is 1. The summed E-state index contributed by atoms with van der Waals surface area (Å²) in [5, 5.41) is 12.6. The second-order valence-electron chi connectivity index (χ2n) is 9.13. The van der Waals surface area contributed by atoms with E-state index in [4.69, 9.17) is 32.7 Å². The average Bonchev–Trinajstić information content (AvgIpc) is 3.17. The lowest BCUT2D eigenvalue weighted by Crippen LogP contribution is -2.45. The van der Waals surface area contributed by atoms with Gasteiger partial charge in [0.05, 0.1) is 24.4 Å². The van der Waals surface area contributed by atoms with E-state index in [9.17, 15) is 9.90 Å². The summed E-state index contributed by atoms with van der Waals surface area (Å²) >= 11 is 12.2. The van der Waals surface area contributed by atoms with Gasteiger partial charge in [-0.2, -0.15) is 0 Å². The number of carbonyl (C=O) groups excluding carboxylic acids is 1. The minimum absolute atomic E-state index is 0.161. The number of hydrogen-bond acceptors (Lipinski definition) is 6. The summed E-state index contributed by atoms with van der Waals surface area (Å²) in [4.78, 5) is 24.2. The summed E-state index contributed by atoms with van der Waals surface area (Å²) in [5.74, 6) is 0.112. The molecular weight excluding hydrogens is 525 g/mol. The molecule has 1 aliphatic heterocycles. The lowest BCUT2D eigenvalue weighted by molar-refractivity contribution is -0.0868. The lowest BCUT2D eigenvalue weighted by atomic mass is 9.85. The second kappa shape index (κ2) is 10.0. The highest BCUT2D eigenvalue weighted by molar-refractivity contribution is 6.30. The van der Waals surface area contributed by atoms with E-state index in [0.717, 1.165) is 5.56 Å². The van der Waals surface area contributed by atoms with Crippen molar-refractivity contribution in [1.82, 2.24) is 14.9 Å². The van der Waals surface area contributed by atoms with Crippen LogP contribution in [0.15, 0.2) is 79.1 Å². The third kappa shape index (κ3) is 4.31. The predicted octanol–water partition coefficient (Wildman–Crippen LogP) is 5.55. The van der Waals surface area contributed by atoms with Crippen molar-refractivity contribution >= 4 is 29.1 Å². The van der Waals surface area contributed by atoms with Crippen molar-refractivity contribution in [2.24, 2.45) is 0 Å². The first-order valence-corrected chi connectivity index (χ1v) is 12.6. The first-order valence-electron chi connectivity index (χ1n) is 11.8. The van der Waals surface area contributed by atoms with Crippen LogP contribution < -0.4 is 4.74 Å². The van der Waals surface area contributed by atoms with Crippen molar-refractivity contribution in [3.8, 4) is 5.88 Å². The number of methoxy groups -OCH3 is 2. The maximum Gasteiger partial charge on any atom is 0.257 e. The topological polar surface area (TPSA) is 84.8 Å². The van der Waals surface area contributed by atoms with E-state index in [-0.39, 0.29) is 12.5 Å². The summed E-state index contributed by atoms with van der Waals surface area (Å²) < 4.78 is 11.4. The van der Waals surface area contributed by atoms with Gasteiger partial charge in [0, 0.05) is 47.3 Å². The Labute approximate surface area is 230 Å². The minimum Gasteiger partial charge on any atom is -0.481 e. The van der Waals surface area contributed by atoms with Gasteiger partial charge in [-0.05, 0) is 54.4 Å². The Balaban J connectivity index is 1.66. The highest BCUT2D eigenvalue weighted by atomic mass is 35.5. The lowest BCUT2D eigenvalue weighted by Gasteiger charge is -2.38. The third-order valence-electron chi connectivity index (χ3n) is 6.95. The van der Waals surface area contributed by atoms with E-state index >= 15 is 0 Å². The maximum atomic E-state index is 14.1. The largest absolute Gasteiger partial charge is 0.481 e. The van der Waals surface area contributed by atoms with E-state index in [0.29, 0.717) is 43.9 Å². The van der Waals surface area contributed by atoms with E-state index in [1.165, 1.54) is 7.11 Å². The molecule has 1 amide bonds. The quantitative estimate of drug-likeness (QED) is 0.325. The molecule has 0 saturated heterocycles. The van der Waals surface area contributed by atoms with Crippen LogP contribution in [0.2, 0.25) is 10.0 Å². The van der Waals surface area contributed by atoms with Crippen molar-refractivity contribution in [3.63, 3.8) is 0 Å². The number of carbonyl (C=O) groups is 1. The van der Waals surface area contributed by atoms with Gasteiger partial charge in [0.1, 0.15) is 5.60 Å². The molecule has 2 aromatic carbocycles. The summed E-state index contributed by atoms with van der Waals surface area (Å²) in [7, 11) is 3.08. The smallest absolute Gasteiger partial charge is 0.257 e. The number of benzene rings is 2.